The number of carbonyl (C=O) groups excluding carboxylic acids is 2. The van der Waals surface area contributed by atoms with Crippen LogP contribution in [0.4, 0.5) is 18.9 Å². The van der Waals surface area contributed by atoms with Crippen LogP contribution in [0.25, 0.3) is 5.69 Å². The van der Waals surface area contributed by atoms with Crippen molar-refractivity contribution in [3.8, 4) is 5.69 Å². The summed E-state index contributed by atoms with van der Waals surface area (Å²) in [5.41, 5.74) is 1.03. The molecule has 7 nitrogen and oxygen atoms in total. The Balaban J connectivity index is 2.00. The van der Waals surface area contributed by atoms with E-state index in [1.54, 1.807) is 37.6 Å². The molecule has 0 aliphatic heterocycles. The van der Waals surface area contributed by atoms with Crippen LogP contribution in [-0.2, 0) is 9.59 Å². The maximum absolute atomic E-state index is 12.6. The van der Waals surface area contributed by atoms with E-state index in [0.717, 1.165) is 4.90 Å². The highest BCUT2D eigenvalue weighted by Gasteiger charge is 2.28. The van der Waals surface area contributed by atoms with Crippen molar-refractivity contribution in [2.45, 2.75) is 32.4 Å². The molecule has 0 N–H and O–H groups in total. The Hall–Kier alpha value is -2.62. The molecule has 0 aromatic carbocycles. The smallest absolute Gasteiger partial charge is 0.345 e. The molecule has 2 rings (SSSR count). The third-order valence-corrected chi connectivity index (χ3v) is 4.45. The van der Waals surface area contributed by atoms with Gasteiger partial charge in [0.1, 0.15) is 5.69 Å². The second-order valence-corrected chi connectivity index (χ2v) is 6.64. The van der Waals surface area contributed by atoms with Gasteiger partial charge in [-0.25, -0.2) is 4.68 Å². The van der Waals surface area contributed by atoms with Gasteiger partial charge < -0.3 is 9.80 Å². The molecule has 2 amide bonds. The number of aromatic nitrogens is 3. The highest BCUT2D eigenvalue weighted by atomic mass is 35.5. The summed E-state index contributed by atoms with van der Waals surface area (Å²) in [6.07, 6.45) is -1.00. The van der Waals surface area contributed by atoms with Crippen LogP contribution in [0.1, 0.15) is 26.2 Å². The lowest BCUT2D eigenvalue weighted by Crippen LogP contribution is -2.34. The van der Waals surface area contributed by atoms with Crippen LogP contribution in [0.2, 0.25) is 5.15 Å². The third kappa shape index (κ3) is 6.45. The van der Waals surface area contributed by atoms with E-state index in [1.807, 2.05) is 0 Å². The van der Waals surface area contributed by atoms with E-state index in [4.69, 9.17) is 11.6 Å². The quantitative estimate of drug-likeness (QED) is 0.641. The molecule has 0 bridgehead atoms. The van der Waals surface area contributed by atoms with E-state index in [9.17, 15) is 22.8 Å². The molecule has 0 atom stereocenters. The normalized spacial score (nSPS) is 11.4. The highest BCUT2D eigenvalue weighted by molar-refractivity contribution is 6.32. The fourth-order valence-electron chi connectivity index (χ4n) is 2.59. The average molecular weight is 432 g/mol. The molecule has 29 heavy (non-hydrogen) atoms. The zero-order valence-electron chi connectivity index (χ0n) is 16.0. The molecule has 11 heteroatoms. The van der Waals surface area contributed by atoms with Gasteiger partial charge in [0.15, 0.2) is 5.15 Å². The summed E-state index contributed by atoms with van der Waals surface area (Å²) in [4.78, 5) is 30.9. The Bertz CT molecular complexity index is 842. The van der Waals surface area contributed by atoms with E-state index in [1.165, 1.54) is 16.6 Å². The van der Waals surface area contributed by atoms with Crippen molar-refractivity contribution in [2.24, 2.45) is 0 Å². The molecule has 0 unspecified atom stereocenters. The van der Waals surface area contributed by atoms with Gasteiger partial charge in [-0.3, -0.25) is 14.6 Å². The van der Waals surface area contributed by atoms with E-state index in [-0.39, 0.29) is 30.4 Å². The van der Waals surface area contributed by atoms with Gasteiger partial charge in [-0.1, -0.05) is 11.6 Å². The molecule has 2 aromatic rings. The zero-order valence-corrected chi connectivity index (χ0v) is 16.7. The van der Waals surface area contributed by atoms with Gasteiger partial charge in [-0.2, -0.15) is 18.3 Å². The molecule has 0 fully saturated rings. The summed E-state index contributed by atoms with van der Waals surface area (Å²) >= 11 is 6.18. The van der Waals surface area contributed by atoms with E-state index in [0.29, 0.717) is 11.4 Å². The first-order chi connectivity index (χ1) is 13.6. The van der Waals surface area contributed by atoms with Crippen LogP contribution in [0.3, 0.4) is 0 Å². The molecule has 2 heterocycles. The fraction of sp³-hybridized carbons (Fsp3) is 0.444. The highest BCUT2D eigenvalue weighted by Crippen LogP contribution is 2.26. The van der Waals surface area contributed by atoms with Crippen molar-refractivity contribution in [3.63, 3.8) is 0 Å². The molecule has 0 aliphatic carbocycles. The number of halogens is 4. The Labute approximate surface area is 171 Å². The van der Waals surface area contributed by atoms with Crippen LogP contribution >= 0.6 is 11.6 Å². The minimum absolute atomic E-state index is 0.109. The Kier molecular flexibility index (Phi) is 7.60. The molecule has 0 saturated carbocycles. The summed E-state index contributed by atoms with van der Waals surface area (Å²) in [7, 11) is 1.28. The minimum Gasteiger partial charge on any atom is -0.345 e. The first-order valence-electron chi connectivity index (χ1n) is 8.89. The molecular weight excluding hydrogens is 411 g/mol. The first-order valence-corrected chi connectivity index (χ1v) is 9.26. The third-order valence-electron chi connectivity index (χ3n) is 4.18. The SMILES string of the molecule is CCN(C(=O)CCC(=O)N(C)CCC(F)(F)F)c1cn(-c2cccnc2)nc1Cl. The van der Waals surface area contributed by atoms with Crippen molar-refractivity contribution < 1.29 is 22.8 Å². The maximum atomic E-state index is 12.6. The van der Waals surface area contributed by atoms with Crippen molar-refractivity contribution in [1.82, 2.24) is 19.7 Å². The van der Waals surface area contributed by atoms with Crippen LogP contribution in [0.5, 0.6) is 0 Å². The predicted molar refractivity (Wildman–Crippen MR) is 102 cm³/mol. The number of hydrogen-bond acceptors (Lipinski definition) is 4. The average Bonchev–Trinajstić information content (AvgIpc) is 3.06. The van der Waals surface area contributed by atoms with Crippen LogP contribution in [0, 0.1) is 0 Å². The summed E-state index contributed by atoms with van der Waals surface area (Å²) in [6, 6.07) is 3.50. The van der Waals surface area contributed by atoms with Crippen molar-refractivity contribution in [3.05, 3.63) is 35.9 Å². The Morgan fingerprint density at radius 3 is 2.52 bits per heavy atom. The summed E-state index contributed by atoms with van der Waals surface area (Å²) < 4.78 is 38.3. The Morgan fingerprint density at radius 1 is 1.24 bits per heavy atom. The van der Waals surface area contributed by atoms with Gasteiger partial charge in [0, 0.05) is 39.2 Å². The molecule has 0 aliphatic rings. The topological polar surface area (TPSA) is 71.3 Å². The molecular formula is C18H21ClF3N5O2. The summed E-state index contributed by atoms with van der Waals surface area (Å²) in [5, 5.41) is 4.28. The second-order valence-electron chi connectivity index (χ2n) is 6.28. The monoisotopic (exact) mass is 431 g/mol. The van der Waals surface area contributed by atoms with Crippen molar-refractivity contribution in [2.75, 3.05) is 25.0 Å². The Morgan fingerprint density at radius 2 is 1.93 bits per heavy atom. The van der Waals surface area contributed by atoms with Crippen LogP contribution < -0.4 is 4.90 Å². The molecule has 158 valence electrons. The maximum Gasteiger partial charge on any atom is 0.390 e. The number of rotatable bonds is 8. The molecule has 2 aromatic heterocycles. The standard InChI is InChI=1S/C18H21ClF3N5O2/c1-3-26(14-12-27(24-17(14)19)13-5-4-9-23-11-13)16(29)7-6-15(28)25(2)10-8-18(20,21)22/h4-5,9,11-12H,3,6-8,10H2,1-2H3. The zero-order chi connectivity index (χ0) is 21.6. The van der Waals surface area contributed by atoms with Gasteiger partial charge in [0.2, 0.25) is 11.8 Å². The number of hydrogen-bond donors (Lipinski definition) is 0. The first kappa shape index (κ1) is 22.7. The van der Waals surface area contributed by atoms with Gasteiger partial charge in [0.25, 0.3) is 0 Å². The van der Waals surface area contributed by atoms with Gasteiger partial charge >= 0.3 is 6.18 Å². The van der Waals surface area contributed by atoms with Crippen LogP contribution in [0.15, 0.2) is 30.7 Å². The lowest BCUT2D eigenvalue weighted by molar-refractivity contribution is -0.144. The number of amides is 2. The number of carbonyl (C=O) groups is 2. The summed E-state index contributed by atoms with van der Waals surface area (Å²) in [5.74, 6) is -0.909. The summed E-state index contributed by atoms with van der Waals surface area (Å²) in [6.45, 7) is 1.58. The van der Waals surface area contributed by atoms with Gasteiger partial charge in [-0.05, 0) is 19.1 Å². The molecule has 0 spiro atoms. The molecule has 0 radical (unpaired) electrons. The van der Waals surface area contributed by atoms with E-state index < -0.39 is 25.0 Å². The fourth-order valence-corrected chi connectivity index (χ4v) is 2.82. The van der Waals surface area contributed by atoms with Crippen molar-refractivity contribution in [1.29, 1.82) is 0 Å². The van der Waals surface area contributed by atoms with Gasteiger partial charge in [-0.15, -0.1) is 0 Å². The number of pyridine rings is 1. The lowest BCUT2D eigenvalue weighted by Gasteiger charge is -2.21. The molecule has 0 saturated heterocycles. The van der Waals surface area contributed by atoms with E-state index in [2.05, 4.69) is 10.1 Å². The van der Waals surface area contributed by atoms with E-state index >= 15 is 0 Å². The number of anilines is 1. The van der Waals surface area contributed by atoms with Crippen molar-refractivity contribution >= 4 is 29.1 Å². The largest absolute Gasteiger partial charge is 0.390 e. The second kappa shape index (κ2) is 9.73. The van der Waals surface area contributed by atoms with Gasteiger partial charge in [0.05, 0.1) is 24.5 Å². The predicted octanol–water partition coefficient (Wildman–Crippen LogP) is 3.46. The lowest BCUT2D eigenvalue weighted by atomic mass is 10.2. The number of nitrogens with zero attached hydrogens (tertiary/aromatic N) is 5. The van der Waals surface area contributed by atoms with Crippen LogP contribution in [-0.4, -0.2) is 57.8 Å². The minimum atomic E-state index is -4.34. The number of alkyl halides is 3.